The van der Waals surface area contributed by atoms with Gasteiger partial charge in [-0.25, -0.2) is 0 Å². The van der Waals surface area contributed by atoms with Gasteiger partial charge in [0.1, 0.15) is 12.2 Å². The van der Waals surface area contributed by atoms with Gasteiger partial charge in [-0.15, -0.1) is 0 Å². The van der Waals surface area contributed by atoms with Crippen LogP contribution in [0.5, 0.6) is 0 Å². The Kier molecular flexibility index (Phi) is 4.35. The van der Waals surface area contributed by atoms with E-state index in [1.54, 1.807) is 0 Å². The number of aliphatic hydroxyl groups is 4. The lowest BCUT2D eigenvalue weighted by Gasteiger charge is -2.62. The number of fused-ring (bicyclic) bond motifs is 5. The summed E-state index contributed by atoms with van der Waals surface area (Å²) >= 11 is 0. The molecule has 148 valence electrons. The second-order valence-electron chi connectivity index (χ2n) is 10.2. The normalized spacial score (nSPS) is 56.4. The van der Waals surface area contributed by atoms with Crippen LogP contribution < -0.4 is 0 Å². The Labute approximate surface area is 155 Å². The molecule has 0 aromatic carbocycles. The highest BCUT2D eigenvalue weighted by Gasteiger charge is 2.68. The SMILES string of the molecule is C[C@]12CC[C@H](O)C[C@@H]1CC[C@@H]1[C@H]2[C@@H](O)C[C@@]2(C)[C@H]1CC[C@]2(O)C(=O)CO. The van der Waals surface area contributed by atoms with Gasteiger partial charge in [0.05, 0.1) is 12.2 Å². The minimum atomic E-state index is -1.52. The van der Waals surface area contributed by atoms with Gasteiger partial charge in [0.15, 0.2) is 5.78 Å². The first-order chi connectivity index (χ1) is 12.2. The zero-order chi connectivity index (χ0) is 18.9. The Morgan fingerprint density at radius 1 is 1.08 bits per heavy atom. The van der Waals surface area contributed by atoms with Crippen molar-refractivity contribution >= 4 is 5.78 Å². The lowest BCUT2D eigenvalue weighted by molar-refractivity contribution is -0.202. The molecule has 9 atom stereocenters. The maximum Gasteiger partial charge on any atom is 0.190 e. The molecule has 4 saturated carbocycles. The van der Waals surface area contributed by atoms with Gasteiger partial charge in [-0.2, -0.15) is 0 Å². The minimum absolute atomic E-state index is 0.0323. The van der Waals surface area contributed by atoms with Gasteiger partial charge in [0.25, 0.3) is 0 Å². The highest BCUT2D eigenvalue weighted by molar-refractivity contribution is 5.89. The molecule has 0 bridgehead atoms. The molecule has 5 heteroatoms. The summed E-state index contributed by atoms with van der Waals surface area (Å²) in [5, 5.41) is 41.9. The second-order valence-corrected chi connectivity index (χ2v) is 10.2. The van der Waals surface area contributed by atoms with Crippen LogP contribution in [0.1, 0.15) is 65.2 Å². The second kappa shape index (κ2) is 6.00. The monoisotopic (exact) mass is 366 g/mol. The summed E-state index contributed by atoms with van der Waals surface area (Å²) in [4.78, 5) is 12.4. The fraction of sp³-hybridized carbons (Fsp3) is 0.952. The maximum atomic E-state index is 12.4. The van der Waals surface area contributed by atoms with E-state index < -0.39 is 29.5 Å². The number of carbonyl (C=O) groups excluding carboxylic acids is 1. The first-order valence-corrected chi connectivity index (χ1v) is 10.4. The smallest absolute Gasteiger partial charge is 0.190 e. The van der Waals surface area contributed by atoms with Gasteiger partial charge in [-0.3, -0.25) is 4.79 Å². The summed E-state index contributed by atoms with van der Waals surface area (Å²) in [5.74, 6) is 0.653. The number of aliphatic hydroxyl groups excluding tert-OH is 3. The third kappa shape index (κ3) is 2.27. The fourth-order valence-electron chi connectivity index (χ4n) is 7.95. The third-order valence-electron chi connectivity index (χ3n) is 9.33. The van der Waals surface area contributed by atoms with Crippen molar-refractivity contribution in [3.8, 4) is 0 Å². The molecule has 0 aromatic rings. The molecule has 0 amide bonds. The molecule has 5 nitrogen and oxygen atoms in total. The predicted octanol–water partition coefficient (Wildman–Crippen LogP) is 1.65. The number of hydrogen-bond donors (Lipinski definition) is 4. The first kappa shape index (κ1) is 18.9. The van der Waals surface area contributed by atoms with E-state index in [-0.39, 0.29) is 23.4 Å². The molecular formula is C21H34O5. The van der Waals surface area contributed by atoms with Crippen molar-refractivity contribution in [2.45, 2.75) is 83.0 Å². The van der Waals surface area contributed by atoms with Crippen molar-refractivity contribution in [3.63, 3.8) is 0 Å². The van der Waals surface area contributed by atoms with E-state index in [1.165, 1.54) is 0 Å². The van der Waals surface area contributed by atoms with E-state index in [9.17, 15) is 25.2 Å². The zero-order valence-corrected chi connectivity index (χ0v) is 16.0. The Hall–Kier alpha value is -0.490. The molecule has 4 N–H and O–H groups in total. The van der Waals surface area contributed by atoms with E-state index in [1.807, 2.05) is 6.92 Å². The molecule has 0 heterocycles. The van der Waals surface area contributed by atoms with E-state index in [0.717, 1.165) is 38.5 Å². The summed E-state index contributed by atoms with van der Waals surface area (Å²) in [5.41, 5.74) is -2.14. The van der Waals surface area contributed by atoms with Crippen molar-refractivity contribution in [1.29, 1.82) is 0 Å². The van der Waals surface area contributed by atoms with Gasteiger partial charge in [0, 0.05) is 5.41 Å². The topological polar surface area (TPSA) is 98.0 Å². The van der Waals surface area contributed by atoms with Crippen LogP contribution >= 0.6 is 0 Å². The van der Waals surface area contributed by atoms with Crippen molar-refractivity contribution in [2.75, 3.05) is 6.61 Å². The largest absolute Gasteiger partial charge is 0.393 e. The molecule has 4 aliphatic carbocycles. The molecule has 26 heavy (non-hydrogen) atoms. The molecule has 4 fully saturated rings. The molecule has 0 aromatic heterocycles. The number of hydrogen-bond acceptors (Lipinski definition) is 5. The lowest BCUT2D eigenvalue weighted by atomic mass is 9.43. The number of rotatable bonds is 2. The summed E-state index contributed by atoms with van der Waals surface area (Å²) < 4.78 is 0. The minimum Gasteiger partial charge on any atom is -0.393 e. The predicted molar refractivity (Wildman–Crippen MR) is 96.2 cm³/mol. The summed E-state index contributed by atoms with van der Waals surface area (Å²) in [7, 11) is 0. The van der Waals surface area contributed by atoms with Crippen LogP contribution in [0.15, 0.2) is 0 Å². The molecule has 4 aliphatic rings. The third-order valence-corrected chi connectivity index (χ3v) is 9.33. The zero-order valence-electron chi connectivity index (χ0n) is 16.0. The van der Waals surface area contributed by atoms with E-state index in [2.05, 4.69) is 6.92 Å². The molecule has 0 aliphatic heterocycles. The van der Waals surface area contributed by atoms with Crippen molar-refractivity contribution in [3.05, 3.63) is 0 Å². The highest BCUT2D eigenvalue weighted by Crippen LogP contribution is 2.68. The molecule has 4 rings (SSSR count). The van der Waals surface area contributed by atoms with Crippen molar-refractivity contribution in [1.82, 2.24) is 0 Å². The van der Waals surface area contributed by atoms with Crippen LogP contribution in [0, 0.1) is 34.5 Å². The van der Waals surface area contributed by atoms with Crippen LogP contribution in [0.4, 0.5) is 0 Å². The molecule has 0 saturated heterocycles. The average molecular weight is 366 g/mol. The van der Waals surface area contributed by atoms with Crippen LogP contribution in [0.3, 0.4) is 0 Å². The van der Waals surface area contributed by atoms with Gasteiger partial charge >= 0.3 is 0 Å². The Bertz CT molecular complexity index is 593. The number of Topliss-reactive ketones (excluding diaryl/α,β-unsaturated/α-hetero) is 1. The molecule has 0 spiro atoms. The average Bonchev–Trinajstić information content (AvgIpc) is 2.86. The Morgan fingerprint density at radius 3 is 2.50 bits per heavy atom. The quantitative estimate of drug-likeness (QED) is 0.596. The first-order valence-electron chi connectivity index (χ1n) is 10.4. The van der Waals surface area contributed by atoms with Gasteiger partial charge < -0.3 is 20.4 Å². The lowest BCUT2D eigenvalue weighted by Crippen LogP contribution is -2.63. The van der Waals surface area contributed by atoms with Crippen molar-refractivity contribution in [2.24, 2.45) is 34.5 Å². The maximum absolute atomic E-state index is 12.4. The van der Waals surface area contributed by atoms with E-state index >= 15 is 0 Å². The van der Waals surface area contributed by atoms with E-state index in [4.69, 9.17) is 0 Å². The molecular weight excluding hydrogens is 332 g/mol. The molecule has 0 radical (unpaired) electrons. The van der Waals surface area contributed by atoms with E-state index in [0.29, 0.717) is 24.7 Å². The standard InChI is InChI=1S/C21H34O5/c1-19-7-5-13(23)9-12(19)3-4-14-15-6-8-21(26,17(25)11-22)20(15,2)10-16(24)18(14)19/h12-16,18,22-24,26H,3-11H2,1-2H3/t12-,13-,14-,15-,16-,18-,19-,20-,21-/m0/s1. The Balaban J connectivity index is 1.69. The van der Waals surface area contributed by atoms with Gasteiger partial charge in [-0.1, -0.05) is 13.8 Å². The number of ketones is 1. The molecule has 0 unspecified atom stereocenters. The fourth-order valence-corrected chi connectivity index (χ4v) is 7.95. The van der Waals surface area contributed by atoms with Crippen molar-refractivity contribution < 1.29 is 25.2 Å². The Morgan fingerprint density at radius 2 is 1.81 bits per heavy atom. The van der Waals surface area contributed by atoms with Gasteiger partial charge in [-0.05, 0) is 80.5 Å². The van der Waals surface area contributed by atoms with Crippen LogP contribution in [0.25, 0.3) is 0 Å². The summed E-state index contributed by atoms with van der Waals surface area (Å²) in [6.07, 6.45) is 5.48. The van der Waals surface area contributed by atoms with Crippen LogP contribution in [-0.4, -0.2) is 50.6 Å². The highest BCUT2D eigenvalue weighted by atomic mass is 16.3. The number of carbonyl (C=O) groups is 1. The van der Waals surface area contributed by atoms with Gasteiger partial charge in [0.2, 0.25) is 0 Å². The summed E-state index contributed by atoms with van der Waals surface area (Å²) in [6.45, 7) is 3.61. The summed E-state index contributed by atoms with van der Waals surface area (Å²) in [6, 6.07) is 0. The van der Waals surface area contributed by atoms with Crippen LogP contribution in [-0.2, 0) is 4.79 Å². The van der Waals surface area contributed by atoms with Crippen LogP contribution in [0.2, 0.25) is 0 Å².